The molecule has 1 aliphatic carbocycles. The van der Waals surface area contributed by atoms with Gasteiger partial charge in [0.1, 0.15) is 5.75 Å². The van der Waals surface area contributed by atoms with Gasteiger partial charge < -0.3 is 15.0 Å². The van der Waals surface area contributed by atoms with Crippen LogP contribution in [0.5, 0.6) is 5.75 Å². The molecule has 5 nitrogen and oxygen atoms in total. The first-order valence-corrected chi connectivity index (χ1v) is 8.29. The minimum atomic E-state index is -0.158. The highest BCUT2D eigenvalue weighted by Crippen LogP contribution is 2.28. The molecule has 0 unspecified atom stereocenters. The van der Waals surface area contributed by atoms with Gasteiger partial charge in [0, 0.05) is 31.0 Å². The first-order chi connectivity index (χ1) is 11.0. The van der Waals surface area contributed by atoms with Crippen LogP contribution in [0.3, 0.4) is 0 Å². The molecule has 1 fully saturated rings. The van der Waals surface area contributed by atoms with Gasteiger partial charge in [-0.15, -0.1) is 0 Å². The molecule has 1 aliphatic rings. The second-order valence-electron chi connectivity index (χ2n) is 5.79. The van der Waals surface area contributed by atoms with Crippen molar-refractivity contribution in [3.63, 3.8) is 0 Å². The van der Waals surface area contributed by atoms with Crippen molar-refractivity contribution in [3.05, 3.63) is 23.2 Å². The first kappa shape index (κ1) is 17.6. The Morgan fingerprint density at radius 2 is 2.04 bits per heavy atom. The first-order valence-electron chi connectivity index (χ1n) is 7.92. The number of halogens is 1. The summed E-state index contributed by atoms with van der Waals surface area (Å²) in [7, 11) is 1.54. The van der Waals surface area contributed by atoms with Crippen molar-refractivity contribution in [3.8, 4) is 5.75 Å². The zero-order chi connectivity index (χ0) is 16.8. The van der Waals surface area contributed by atoms with E-state index < -0.39 is 0 Å². The maximum absolute atomic E-state index is 12.2. The number of nitrogens with one attached hydrogen (secondary N) is 1. The minimum Gasteiger partial charge on any atom is -0.495 e. The van der Waals surface area contributed by atoms with Crippen molar-refractivity contribution >= 4 is 29.1 Å². The number of benzene rings is 1. The summed E-state index contributed by atoms with van der Waals surface area (Å²) in [6, 6.07) is 5.34. The summed E-state index contributed by atoms with van der Waals surface area (Å²) in [5.74, 6) is 0.432. The molecule has 0 radical (unpaired) electrons. The SMILES string of the molecule is COc1ccc(Cl)cc1NC(=O)CCN(C(C)=O)C1CCCC1. The second-order valence-corrected chi connectivity index (χ2v) is 6.23. The molecule has 0 spiro atoms. The molecule has 2 rings (SSSR count). The fraction of sp³-hybridized carbons (Fsp3) is 0.529. The van der Waals surface area contributed by atoms with E-state index in [2.05, 4.69) is 5.32 Å². The molecule has 126 valence electrons. The van der Waals surface area contributed by atoms with Gasteiger partial charge in [0.2, 0.25) is 11.8 Å². The Morgan fingerprint density at radius 1 is 1.35 bits per heavy atom. The molecule has 1 aromatic carbocycles. The van der Waals surface area contributed by atoms with Gasteiger partial charge in [0.15, 0.2) is 0 Å². The number of anilines is 1. The van der Waals surface area contributed by atoms with Gasteiger partial charge >= 0.3 is 0 Å². The van der Waals surface area contributed by atoms with Gasteiger partial charge in [-0.3, -0.25) is 9.59 Å². The van der Waals surface area contributed by atoms with E-state index in [0.717, 1.165) is 25.7 Å². The maximum Gasteiger partial charge on any atom is 0.226 e. The number of nitrogens with zero attached hydrogens (tertiary/aromatic N) is 1. The van der Waals surface area contributed by atoms with Gasteiger partial charge in [-0.1, -0.05) is 24.4 Å². The fourth-order valence-corrected chi connectivity index (χ4v) is 3.20. The van der Waals surface area contributed by atoms with Crippen LogP contribution in [0.15, 0.2) is 18.2 Å². The monoisotopic (exact) mass is 338 g/mol. The van der Waals surface area contributed by atoms with Crippen LogP contribution < -0.4 is 10.1 Å². The molecule has 0 bridgehead atoms. The number of hydrogen-bond acceptors (Lipinski definition) is 3. The lowest BCUT2D eigenvalue weighted by molar-refractivity contribution is -0.131. The zero-order valence-corrected chi connectivity index (χ0v) is 14.4. The molecular weight excluding hydrogens is 316 g/mol. The van der Waals surface area contributed by atoms with Crippen LogP contribution in [0.2, 0.25) is 5.02 Å². The van der Waals surface area contributed by atoms with Crippen molar-refractivity contribution in [1.82, 2.24) is 4.90 Å². The third-order valence-corrected chi connectivity index (χ3v) is 4.42. The molecule has 1 saturated carbocycles. The average molecular weight is 339 g/mol. The topological polar surface area (TPSA) is 58.6 Å². The fourth-order valence-electron chi connectivity index (χ4n) is 3.03. The van der Waals surface area contributed by atoms with Crippen LogP contribution in [-0.4, -0.2) is 36.4 Å². The molecule has 0 aromatic heterocycles. The molecular formula is C17H23ClN2O3. The number of carbonyl (C=O) groups excluding carboxylic acids is 2. The van der Waals surface area contributed by atoms with E-state index in [4.69, 9.17) is 16.3 Å². The lowest BCUT2D eigenvalue weighted by atomic mass is 10.2. The van der Waals surface area contributed by atoms with Crippen molar-refractivity contribution < 1.29 is 14.3 Å². The number of amides is 2. The third kappa shape index (κ3) is 4.86. The number of hydrogen-bond donors (Lipinski definition) is 1. The summed E-state index contributed by atoms with van der Waals surface area (Å²) in [6.07, 6.45) is 4.62. The van der Waals surface area contributed by atoms with E-state index in [9.17, 15) is 9.59 Å². The molecule has 1 N–H and O–H groups in total. The molecule has 0 aliphatic heterocycles. The smallest absolute Gasteiger partial charge is 0.226 e. The van der Waals surface area contributed by atoms with E-state index in [0.29, 0.717) is 23.0 Å². The Hall–Kier alpha value is -1.75. The van der Waals surface area contributed by atoms with E-state index in [-0.39, 0.29) is 24.3 Å². The van der Waals surface area contributed by atoms with Gasteiger partial charge in [0.05, 0.1) is 12.8 Å². The normalized spacial score (nSPS) is 14.6. The molecule has 0 heterocycles. The molecule has 0 atom stereocenters. The highest BCUT2D eigenvalue weighted by Gasteiger charge is 2.24. The summed E-state index contributed by atoms with van der Waals surface area (Å²) in [6.45, 7) is 2.00. The molecule has 2 amide bonds. The number of methoxy groups -OCH3 is 1. The largest absolute Gasteiger partial charge is 0.495 e. The number of rotatable bonds is 6. The van der Waals surface area contributed by atoms with Crippen LogP contribution in [0.1, 0.15) is 39.0 Å². The Balaban J connectivity index is 1.93. The van der Waals surface area contributed by atoms with Crippen molar-refractivity contribution in [2.24, 2.45) is 0 Å². The van der Waals surface area contributed by atoms with Crippen LogP contribution in [0, 0.1) is 0 Å². The summed E-state index contributed by atoms with van der Waals surface area (Å²) in [5, 5.41) is 3.33. The average Bonchev–Trinajstić information content (AvgIpc) is 3.01. The van der Waals surface area contributed by atoms with Crippen molar-refractivity contribution in [2.45, 2.75) is 45.1 Å². The molecule has 23 heavy (non-hydrogen) atoms. The van der Waals surface area contributed by atoms with Gasteiger partial charge in [-0.25, -0.2) is 0 Å². The minimum absolute atomic E-state index is 0.0324. The third-order valence-electron chi connectivity index (χ3n) is 4.19. The van der Waals surface area contributed by atoms with Gasteiger partial charge in [0.25, 0.3) is 0 Å². The highest BCUT2D eigenvalue weighted by molar-refractivity contribution is 6.31. The summed E-state index contributed by atoms with van der Waals surface area (Å²) in [5.41, 5.74) is 0.542. The summed E-state index contributed by atoms with van der Waals surface area (Å²) < 4.78 is 5.21. The van der Waals surface area contributed by atoms with Crippen LogP contribution in [0.25, 0.3) is 0 Å². The standard InChI is InChI=1S/C17H23ClN2O3/c1-12(21)20(14-5-3-4-6-14)10-9-17(22)19-15-11-13(18)7-8-16(15)23-2/h7-8,11,14H,3-6,9-10H2,1-2H3,(H,19,22). The highest BCUT2D eigenvalue weighted by atomic mass is 35.5. The summed E-state index contributed by atoms with van der Waals surface area (Å²) >= 11 is 5.95. The number of ether oxygens (including phenoxy) is 1. The van der Waals surface area contributed by atoms with Crippen LogP contribution in [0.4, 0.5) is 5.69 Å². The van der Waals surface area contributed by atoms with E-state index in [1.54, 1.807) is 25.1 Å². The lowest BCUT2D eigenvalue weighted by Crippen LogP contribution is -2.39. The second kappa shape index (κ2) is 8.20. The molecule has 6 heteroatoms. The van der Waals surface area contributed by atoms with Crippen molar-refractivity contribution in [1.29, 1.82) is 0 Å². The predicted octanol–water partition coefficient (Wildman–Crippen LogP) is 3.47. The van der Waals surface area contributed by atoms with Gasteiger partial charge in [-0.05, 0) is 31.0 Å². The Morgan fingerprint density at radius 3 is 2.65 bits per heavy atom. The predicted molar refractivity (Wildman–Crippen MR) is 90.9 cm³/mol. The maximum atomic E-state index is 12.2. The Labute approximate surface area is 141 Å². The lowest BCUT2D eigenvalue weighted by Gasteiger charge is -2.27. The molecule has 1 aromatic rings. The molecule has 0 saturated heterocycles. The van der Waals surface area contributed by atoms with E-state index in [1.165, 1.54) is 7.11 Å². The Bertz CT molecular complexity index is 571. The van der Waals surface area contributed by atoms with E-state index in [1.807, 2.05) is 4.90 Å². The zero-order valence-electron chi connectivity index (χ0n) is 13.6. The van der Waals surface area contributed by atoms with Crippen LogP contribution in [-0.2, 0) is 9.59 Å². The quantitative estimate of drug-likeness (QED) is 0.864. The Kier molecular flexibility index (Phi) is 6.28. The number of carbonyl (C=O) groups is 2. The van der Waals surface area contributed by atoms with E-state index >= 15 is 0 Å². The van der Waals surface area contributed by atoms with Crippen molar-refractivity contribution in [2.75, 3.05) is 19.0 Å². The summed E-state index contributed by atoms with van der Waals surface area (Å²) in [4.78, 5) is 25.8. The van der Waals surface area contributed by atoms with Gasteiger partial charge in [-0.2, -0.15) is 0 Å². The van der Waals surface area contributed by atoms with Crippen LogP contribution >= 0.6 is 11.6 Å².